The number of nitrogens with one attached hydrogen (secondary N) is 1. The van der Waals surface area contributed by atoms with Gasteiger partial charge in [-0.15, -0.1) is 0 Å². The second-order valence-electron chi connectivity index (χ2n) is 3.69. The van der Waals surface area contributed by atoms with Crippen molar-refractivity contribution in [2.45, 2.75) is 6.42 Å². The molecule has 0 aliphatic rings. The molecule has 0 atom stereocenters. The standard InChI is InChI=1S/C12H11FN2O3/c1-18-11-3-2-7(13)4-9(11)10-5-8(14-15-10)6-12(16)17/h2-5H,6H2,1H3,(H,14,15)(H,16,17). The Kier molecular flexibility index (Phi) is 3.27. The molecule has 1 aromatic carbocycles. The first kappa shape index (κ1) is 12.1. The summed E-state index contributed by atoms with van der Waals surface area (Å²) < 4.78 is 18.3. The molecule has 0 bridgehead atoms. The van der Waals surface area contributed by atoms with E-state index in [1.807, 2.05) is 0 Å². The van der Waals surface area contributed by atoms with Gasteiger partial charge in [0, 0.05) is 11.3 Å². The van der Waals surface area contributed by atoms with Gasteiger partial charge in [0.1, 0.15) is 11.6 Å². The summed E-state index contributed by atoms with van der Waals surface area (Å²) in [5, 5.41) is 15.2. The summed E-state index contributed by atoms with van der Waals surface area (Å²) in [4.78, 5) is 10.6. The van der Waals surface area contributed by atoms with Crippen molar-refractivity contribution in [1.82, 2.24) is 10.2 Å². The SMILES string of the molecule is COc1ccc(F)cc1-c1cc(CC(=O)O)[nH]n1. The molecule has 0 unspecified atom stereocenters. The average Bonchev–Trinajstić information content (AvgIpc) is 2.76. The average molecular weight is 250 g/mol. The lowest BCUT2D eigenvalue weighted by Crippen LogP contribution is -1.99. The number of carboxylic acid groups (broad SMARTS) is 1. The number of hydrogen-bond acceptors (Lipinski definition) is 3. The fraction of sp³-hybridized carbons (Fsp3) is 0.167. The Balaban J connectivity index is 2.38. The molecule has 1 aromatic heterocycles. The van der Waals surface area contributed by atoms with Gasteiger partial charge >= 0.3 is 5.97 Å². The third-order valence-electron chi connectivity index (χ3n) is 2.41. The maximum absolute atomic E-state index is 13.2. The summed E-state index contributed by atoms with van der Waals surface area (Å²) in [5.74, 6) is -0.894. The lowest BCUT2D eigenvalue weighted by atomic mass is 10.1. The largest absolute Gasteiger partial charge is 0.496 e. The molecule has 0 aliphatic carbocycles. The molecule has 2 rings (SSSR count). The van der Waals surface area contributed by atoms with Crippen molar-refractivity contribution in [2.24, 2.45) is 0 Å². The zero-order valence-electron chi connectivity index (χ0n) is 9.61. The minimum Gasteiger partial charge on any atom is -0.496 e. The van der Waals surface area contributed by atoms with Crippen LogP contribution in [0.3, 0.4) is 0 Å². The number of benzene rings is 1. The third kappa shape index (κ3) is 2.48. The maximum Gasteiger partial charge on any atom is 0.309 e. The number of H-pyrrole nitrogens is 1. The smallest absolute Gasteiger partial charge is 0.309 e. The van der Waals surface area contributed by atoms with E-state index in [0.717, 1.165) is 0 Å². The maximum atomic E-state index is 13.2. The lowest BCUT2D eigenvalue weighted by Gasteiger charge is -2.05. The fourth-order valence-corrected chi connectivity index (χ4v) is 1.63. The molecule has 94 valence electrons. The molecule has 0 fully saturated rings. The Labute approximate surface area is 102 Å². The van der Waals surface area contributed by atoms with Crippen molar-refractivity contribution >= 4 is 5.97 Å². The molecule has 18 heavy (non-hydrogen) atoms. The van der Waals surface area contributed by atoms with Crippen LogP contribution in [0.5, 0.6) is 5.75 Å². The zero-order valence-corrected chi connectivity index (χ0v) is 9.61. The first-order valence-corrected chi connectivity index (χ1v) is 5.20. The minimum absolute atomic E-state index is 0.162. The Morgan fingerprint density at radius 2 is 2.28 bits per heavy atom. The summed E-state index contributed by atoms with van der Waals surface area (Å²) in [7, 11) is 1.47. The van der Waals surface area contributed by atoms with Gasteiger partial charge in [0.25, 0.3) is 0 Å². The molecule has 2 aromatic rings. The van der Waals surface area contributed by atoms with Gasteiger partial charge in [0.05, 0.1) is 19.2 Å². The van der Waals surface area contributed by atoms with Crippen molar-refractivity contribution in [3.8, 4) is 17.0 Å². The third-order valence-corrected chi connectivity index (χ3v) is 2.41. The van der Waals surface area contributed by atoms with Crippen molar-refractivity contribution < 1.29 is 19.0 Å². The van der Waals surface area contributed by atoms with Gasteiger partial charge in [-0.3, -0.25) is 9.89 Å². The highest BCUT2D eigenvalue weighted by Gasteiger charge is 2.12. The van der Waals surface area contributed by atoms with Gasteiger partial charge in [-0.2, -0.15) is 5.10 Å². The Bertz CT molecular complexity index is 580. The number of hydrogen-bond donors (Lipinski definition) is 2. The predicted octanol–water partition coefficient (Wildman–Crippen LogP) is 1.85. The van der Waals surface area contributed by atoms with E-state index in [1.54, 1.807) is 6.07 Å². The van der Waals surface area contributed by atoms with Gasteiger partial charge in [0.15, 0.2) is 0 Å². The Hall–Kier alpha value is -2.37. The number of methoxy groups -OCH3 is 1. The highest BCUT2D eigenvalue weighted by atomic mass is 19.1. The molecule has 0 aliphatic heterocycles. The summed E-state index contributed by atoms with van der Waals surface area (Å²) in [6.07, 6.45) is -0.162. The molecule has 0 radical (unpaired) electrons. The number of ether oxygens (including phenoxy) is 1. The van der Waals surface area contributed by atoms with Crippen LogP contribution in [0.25, 0.3) is 11.3 Å². The van der Waals surface area contributed by atoms with Crippen LogP contribution in [0.2, 0.25) is 0 Å². The van der Waals surface area contributed by atoms with Crippen LogP contribution in [0.4, 0.5) is 4.39 Å². The van der Waals surface area contributed by atoms with E-state index in [1.165, 1.54) is 25.3 Å². The van der Waals surface area contributed by atoms with Crippen LogP contribution in [0.1, 0.15) is 5.69 Å². The van der Waals surface area contributed by atoms with Crippen LogP contribution in [0.15, 0.2) is 24.3 Å². The first-order valence-electron chi connectivity index (χ1n) is 5.20. The molecule has 6 heteroatoms. The van der Waals surface area contributed by atoms with Crippen molar-refractivity contribution in [3.05, 3.63) is 35.8 Å². The van der Waals surface area contributed by atoms with Crippen molar-refractivity contribution in [3.63, 3.8) is 0 Å². The van der Waals surface area contributed by atoms with Crippen LogP contribution < -0.4 is 4.74 Å². The second-order valence-corrected chi connectivity index (χ2v) is 3.69. The number of aromatic nitrogens is 2. The molecule has 1 heterocycles. The van der Waals surface area contributed by atoms with E-state index < -0.39 is 11.8 Å². The number of halogens is 1. The molecular weight excluding hydrogens is 239 g/mol. The van der Waals surface area contributed by atoms with Crippen LogP contribution >= 0.6 is 0 Å². The lowest BCUT2D eigenvalue weighted by molar-refractivity contribution is -0.136. The number of rotatable bonds is 4. The highest BCUT2D eigenvalue weighted by molar-refractivity contribution is 5.72. The summed E-state index contributed by atoms with van der Waals surface area (Å²) >= 11 is 0. The molecule has 0 saturated carbocycles. The monoisotopic (exact) mass is 250 g/mol. The predicted molar refractivity (Wildman–Crippen MR) is 61.9 cm³/mol. The van der Waals surface area contributed by atoms with E-state index in [0.29, 0.717) is 22.7 Å². The molecule has 0 saturated heterocycles. The fourth-order valence-electron chi connectivity index (χ4n) is 1.63. The molecule has 2 N–H and O–H groups in total. The van der Waals surface area contributed by atoms with E-state index in [2.05, 4.69) is 10.2 Å². The Morgan fingerprint density at radius 1 is 1.50 bits per heavy atom. The number of nitrogens with zero attached hydrogens (tertiary/aromatic N) is 1. The van der Waals surface area contributed by atoms with Gasteiger partial charge in [-0.05, 0) is 24.3 Å². The van der Waals surface area contributed by atoms with E-state index in [9.17, 15) is 9.18 Å². The quantitative estimate of drug-likeness (QED) is 0.868. The summed E-state index contributed by atoms with van der Waals surface area (Å²) in [5.41, 5.74) is 1.37. The zero-order chi connectivity index (χ0) is 13.1. The highest BCUT2D eigenvalue weighted by Crippen LogP contribution is 2.29. The van der Waals surface area contributed by atoms with Gasteiger partial charge in [-0.25, -0.2) is 4.39 Å². The normalized spacial score (nSPS) is 10.3. The number of carboxylic acids is 1. The molecule has 0 spiro atoms. The minimum atomic E-state index is -0.962. The summed E-state index contributed by atoms with van der Waals surface area (Å²) in [6.45, 7) is 0. The van der Waals surface area contributed by atoms with Crippen LogP contribution in [-0.2, 0) is 11.2 Å². The number of carbonyl (C=O) groups is 1. The van der Waals surface area contributed by atoms with E-state index >= 15 is 0 Å². The summed E-state index contributed by atoms with van der Waals surface area (Å²) in [6, 6.07) is 5.63. The van der Waals surface area contributed by atoms with Gasteiger partial charge in [0.2, 0.25) is 0 Å². The molecular formula is C12H11FN2O3. The number of aliphatic carboxylic acids is 1. The van der Waals surface area contributed by atoms with Gasteiger partial charge < -0.3 is 9.84 Å². The second kappa shape index (κ2) is 4.87. The topological polar surface area (TPSA) is 75.2 Å². The van der Waals surface area contributed by atoms with E-state index in [-0.39, 0.29) is 6.42 Å². The van der Waals surface area contributed by atoms with E-state index in [4.69, 9.17) is 9.84 Å². The van der Waals surface area contributed by atoms with Crippen molar-refractivity contribution in [2.75, 3.05) is 7.11 Å². The van der Waals surface area contributed by atoms with Crippen LogP contribution in [0, 0.1) is 5.82 Å². The Morgan fingerprint density at radius 3 is 2.94 bits per heavy atom. The number of aromatic amines is 1. The molecule has 0 amide bonds. The first-order chi connectivity index (χ1) is 8.60. The molecule has 5 nitrogen and oxygen atoms in total. The van der Waals surface area contributed by atoms with Crippen molar-refractivity contribution in [1.29, 1.82) is 0 Å². The van der Waals surface area contributed by atoms with Crippen LogP contribution in [-0.4, -0.2) is 28.4 Å². The van der Waals surface area contributed by atoms with Gasteiger partial charge in [-0.1, -0.05) is 0 Å².